The normalized spacial score (nSPS) is 24.5. The van der Waals surface area contributed by atoms with Crippen LogP contribution in [0.5, 0.6) is 0 Å². The topological polar surface area (TPSA) is 20.3 Å². The first kappa shape index (κ1) is 10.6. The molecule has 1 aromatic rings. The minimum atomic E-state index is -0.647. The molecule has 0 radical (unpaired) electrons. The Morgan fingerprint density at radius 2 is 2.20 bits per heavy atom. The van der Waals surface area contributed by atoms with Crippen LogP contribution in [-0.4, -0.2) is 18.3 Å². The van der Waals surface area contributed by atoms with Crippen molar-refractivity contribution in [3.05, 3.63) is 29.6 Å². The monoisotopic (exact) mass is 271 g/mol. The van der Waals surface area contributed by atoms with Crippen molar-refractivity contribution in [3.8, 4) is 0 Å². The quantitative estimate of drug-likeness (QED) is 0.719. The molecule has 80 valence electrons. The van der Waals surface area contributed by atoms with Gasteiger partial charge < -0.3 is 4.90 Å². The molecule has 0 N–H and O–H groups in total. The molecule has 1 aliphatic rings. The fraction of sp³-hybridized carbons (Fsp3) is 0.364. The zero-order valence-electron chi connectivity index (χ0n) is 8.55. The smallest absolute Gasteiger partial charge is 0.238 e. The van der Waals surface area contributed by atoms with Crippen molar-refractivity contribution in [1.29, 1.82) is 0 Å². The predicted molar refractivity (Wildman–Crippen MR) is 61.0 cm³/mol. The number of anilines is 1. The van der Waals surface area contributed by atoms with Crippen molar-refractivity contribution in [3.63, 3.8) is 0 Å². The molecular formula is C11H11BrFNO. The van der Waals surface area contributed by atoms with Gasteiger partial charge in [0, 0.05) is 18.1 Å². The van der Waals surface area contributed by atoms with Crippen LogP contribution in [0.15, 0.2) is 18.2 Å². The lowest BCUT2D eigenvalue weighted by molar-refractivity contribution is -0.121. The molecule has 1 atom stereocenters. The zero-order chi connectivity index (χ0) is 11.2. The number of carbonyl (C=O) groups excluding carboxylic acids is 1. The van der Waals surface area contributed by atoms with Crippen LogP contribution in [0, 0.1) is 5.82 Å². The van der Waals surface area contributed by atoms with Gasteiger partial charge in [0.05, 0.1) is 5.41 Å². The first-order valence-electron chi connectivity index (χ1n) is 4.65. The summed E-state index contributed by atoms with van der Waals surface area (Å²) in [6.45, 7) is 1.83. The summed E-state index contributed by atoms with van der Waals surface area (Å²) in [6, 6.07) is 4.47. The Kier molecular flexibility index (Phi) is 2.34. The average Bonchev–Trinajstić information content (AvgIpc) is 2.42. The molecular weight excluding hydrogens is 261 g/mol. The van der Waals surface area contributed by atoms with Gasteiger partial charge in [-0.1, -0.05) is 15.9 Å². The molecule has 4 heteroatoms. The van der Waals surface area contributed by atoms with Gasteiger partial charge >= 0.3 is 0 Å². The molecule has 0 aromatic heterocycles. The Balaban J connectivity index is 2.67. The van der Waals surface area contributed by atoms with Gasteiger partial charge in [-0.05, 0) is 30.7 Å². The molecule has 1 heterocycles. The second-order valence-corrected chi connectivity index (χ2v) is 4.55. The molecule has 2 rings (SSSR count). The lowest BCUT2D eigenvalue weighted by Gasteiger charge is -2.19. The number of amides is 1. The van der Waals surface area contributed by atoms with Crippen LogP contribution >= 0.6 is 15.9 Å². The van der Waals surface area contributed by atoms with E-state index in [4.69, 9.17) is 0 Å². The molecule has 1 unspecified atom stereocenters. The highest BCUT2D eigenvalue weighted by Crippen LogP contribution is 2.42. The second-order valence-electron chi connectivity index (χ2n) is 3.99. The van der Waals surface area contributed by atoms with Gasteiger partial charge in [-0.2, -0.15) is 0 Å². The molecule has 0 bridgehead atoms. The van der Waals surface area contributed by atoms with E-state index in [1.165, 1.54) is 12.1 Å². The highest BCUT2D eigenvalue weighted by molar-refractivity contribution is 9.09. The van der Waals surface area contributed by atoms with Crippen LogP contribution in [0.4, 0.5) is 10.1 Å². The van der Waals surface area contributed by atoms with Crippen molar-refractivity contribution >= 4 is 27.5 Å². The highest BCUT2D eigenvalue weighted by atomic mass is 79.9. The summed E-state index contributed by atoms with van der Waals surface area (Å²) in [7, 11) is 1.72. The maximum atomic E-state index is 13.2. The van der Waals surface area contributed by atoms with Gasteiger partial charge in [0.15, 0.2) is 0 Å². The van der Waals surface area contributed by atoms with Crippen molar-refractivity contribution in [2.75, 3.05) is 17.3 Å². The largest absolute Gasteiger partial charge is 0.314 e. The first-order chi connectivity index (χ1) is 7.00. The third-order valence-electron chi connectivity index (χ3n) is 2.96. The second kappa shape index (κ2) is 3.30. The number of rotatable bonds is 1. The molecule has 0 spiro atoms. The van der Waals surface area contributed by atoms with Gasteiger partial charge in [-0.25, -0.2) is 4.39 Å². The summed E-state index contributed by atoms with van der Waals surface area (Å²) < 4.78 is 13.2. The van der Waals surface area contributed by atoms with Crippen LogP contribution in [0.1, 0.15) is 12.5 Å². The van der Waals surface area contributed by atoms with Crippen molar-refractivity contribution < 1.29 is 9.18 Å². The van der Waals surface area contributed by atoms with E-state index < -0.39 is 5.41 Å². The Morgan fingerprint density at radius 1 is 1.53 bits per heavy atom. The molecule has 0 aliphatic carbocycles. The number of nitrogens with zero attached hydrogens (tertiary/aromatic N) is 1. The first-order valence-corrected chi connectivity index (χ1v) is 5.77. The van der Waals surface area contributed by atoms with Crippen molar-refractivity contribution in [1.82, 2.24) is 0 Å². The Morgan fingerprint density at radius 3 is 2.80 bits per heavy atom. The number of carbonyl (C=O) groups is 1. The third kappa shape index (κ3) is 1.31. The van der Waals surface area contributed by atoms with Crippen LogP contribution in [0.3, 0.4) is 0 Å². The van der Waals surface area contributed by atoms with Crippen LogP contribution in [-0.2, 0) is 10.2 Å². The molecule has 0 saturated carbocycles. The minimum Gasteiger partial charge on any atom is -0.314 e. The van der Waals surface area contributed by atoms with E-state index in [1.807, 2.05) is 6.92 Å². The Hall–Kier alpha value is -0.900. The maximum Gasteiger partial charge on any atom is 0.238 e. The Labute approximate surface area is 96.2 Å². The van der Waals surface area contributed by atoms with E-state index >= 15 is 0 Å². The number of alkyl halides is 1. The number of benzene rings is 1. The number of hydrogen-bond acceptors (Lipinski definition) is 1. The van der Waals surface area contributed by atoms with E-state index in [2.05, 4.69) is 15.9 Å². The number of halogens is 2. The minimum absolute atomic E-state index is 0.0000231. The summed E-state index contributed by atoms with van der Waals surface area (Å²) in [5, 5.41) is 0.500. The van der Waals surface area contributed by atoms with Gasteiger partial charge in [-0.3, -0.25) is 4.79 Å². The van der Waals surface area contributed by atoms with Gasteiger partial charge in [0.1, 0.15) is 5.82 Å². The van der Waals surface area contributed by atoms with E-state index in [-0.39, 0.29) is 11.7 Å². The predicted octanol–water partition coefficient (Wildman–Crippen LogP) is 2.45. The molecule has 1 aliphatic heterocycles. The number of likely N-dealkylation sites (N-methyl/N-ethyl adjacent to an activating group) is 1. The summed E-state index contributed by atoms with van der Waals surface area (Å²) >= 11 is 3.32. The number of fused-ring (bicyclic) bond motifs is 1. The lowest BCUT2D eigenvalue weighted by Crippen LogP contribution is -2.37. The third-order valence-corrected chi connectivity index (χ3v) is 4.08. The molecule has 0 fully saturated rings. The maximum absolute atomic E-state index is 13.2. The van der Waals surface area contributed by atoms with Crippen LogP contribution < -0.4 is 4.90 Å². The fourth-order valence-electron chi connectivity index (χ4n) is 1.97. The average molecular weight is 272 g/mol. The Bertz CT molecular complexity index is 435. The van der Waals surface area contributed by atoms with Gasteiger partial charge in [-0.15, -0.1) is 0 Å². The van der Waals surface area contributed by atoms with E-state index in [9.17, 15) is 9.18 Å². The summed E-state index contributed by atoms with van der Waals surface area (Å²) in [5.41, 5.74) is 0.904. The van der Waals surface area contributed by atoms with Crippen molar-refractivity contribution in [2.24, 2.45) is 0 Å². The highest BCUT2D eigenvalue weighted by Gasteiger charge is 2.45. The van der Waals surface area contributed by atoms with Gasteiger partial charge in [0.2, 0.25) is 5.91 Å². The lowest BCUT2D eigenvalue weighted by atomic mass is 9.86. The van der Waals surface area contributed by atoms with Crippen LogP contribution in [0.2, 0.25) is 0 Å². The summed E-state index contributed by atoms with van der Waals surface area (Å²) in [5.74, 6) is -0.302. The standard InChI is InChI=1S/C11H11BrFNO/c1-11(6-12)8-5-7(13)3-4-9(8)14(2)10(11)15/h3-5H,6H2,1-2H3. The molecule has 1 amide bonds. The van der Waals surface area contributed by atoms with Crippen LogP contribution in [0.25, 0.3) is 0 Å². The SMILES string of the molecule is CN1C(=O)C(C)(CBr)c2cc(F)ccc21. The van der Waals surface area contributed by atoms with E-state index in [0.717, 1.165) is 11.3 Å². The van der Waals surface area contributed by atoms with E-state index in [1.54, 1.807) is 18.0 Å². The van der Waals surface area contributed by atoms with Gasteiger partial charge in [0.25, 0.3) is 0 Å². The zero-order valence-corrected chi connectivity index (χ0v) is 10.1. The summed E-state index contributed by atoms with van der Waals surface area (Å²) in [6.07, 6.45) is 0. The van der Waals surface area contributed by atoms with E-state index in [0.29, 0.717) is 5.33 Å². The molecule has 0 saturated heterocycles. The van der Waals surface area contributed by atoms with Crippen molar-refractivity contribution in [2.45, 2.75) is 12.3 Å². The fourth-order valence-corrected chi connectivity index (χ4v) is 2.51. The molecule has 2 nitrogen and oxygen atoms in total. The molecule has 15 heavy (non-hydrogen) atoms. The molecule has 1 aromatic carbocycles. The number of hydrogen-bond donors (Lipinski definition) is 0. The summed E-state index contributed by atoms with van der Waals surface area (Å²) in [4.78, 5) is 13.6.